The highest BCUT2D eigenvalue weighted by molar-refractivity contribution is 5.71. The topological polar surface area (TPSA) is 74.5 Å². The first-order chi connectivity index (χ1) is 7.79. The van der Waals surface area contributed by atoms with Crippen molar-refractivity contribution >= 4 is 5.97 Å². The fourth-order valence-electron chi connectivity index (χ4n) is 1.58. The lowest BCUT2D eigenvalue weighted by Gasteiger charge is -1.98. The van der Waals surface area contributed by atoms with E-state index in [1.165, 1.54) is 0 Å². The Balaban J connectivity index is 1.93. The minimum atomic E-state index is -0.347. The van der Waals surface area contributed by atoms with Crippen molar-refractivity contribution in [2.45, 2.75) is 25.7 Å². The Labute approximate surface area is 92.9 Å². The Hall–Kier alpha value is -1.43. The Morgan fingerprint density at radius 1 is 1.62 bits per heavy atom. The predicted octanol–water partition coefficient (Wildman–Crippen LogP) is 0.679. The zero-order valence-electron chi connectivity index (χ0n) is 9.14. The molecule has 1 saturated heterocycles. The number of hydrogen-bond donors (Lipinski definition) is 0. The van der Waals surface area contributed by atoms with Crippen LogP contribution in [0.2, 0.25) is 0 Å². The molecule has 0 spiro atoms. The van der Waals surface area contributed by atoms with Crippen LogP contribution in [-0.4, -0.2) is 35.9 Å². The van der Waals surface area contributed by atoms with E-state index < -0.39 is 0 Å². The third-order valence-electron chi connectivity index (χ3n) is 2.38. The summed E-state index contributed by atoms with van der Waals surface area (Å²) in [6, 6.07) is 0. The molecule has 0 N–H and O–H groups in total. The molecule has 0 amide bonds. The Morgan fingerprint density at radius 2 is 2.50 bits per heavy atom. The zero-order chi connectivity index (χ0) is 11.4. The van der Waals surface area contributed by atoms with Gasteiger partial charge in [0.1, 0.15) is 6.42 Å². The first-order valence-corrected chi connectivity index (χ1v) is 5.35. The van der Waals surface area contributed by atoms with Gasteiger partial charge in [-0.15, -0.1) is 0 Å². The van der Waals surface area contributed by atoms with E-state index in [2.05, 4.69) is 10.1 Å². The number of aromatic nitrogens is 2. The molecule has 1 atom stereocenters. The molecule has 88 valence electrons. The van der Waals surface area contributed by atoms with Crippen LogP contribution in [0.5, 0.6) is 0 Å². The van der Waals surface area contributed by atoms with Crippen LogP contribution in [0.3, 0.4) is 0 Å². The van der Waals surface area contributed by atoms with Crippen LogP contribution in [0, 0.1) is 0 Å². The molecule has 6 nitrogen and oxygen atoms in total. The molecule has 0 aliphatic carbocycles. The summed E-state index contributed by atoms with van der Waals surface area (Å²) >= 11 is 0. The highest BCUT2D eigenvalue weighted by atomic mass is 16.5. The molecule has 6 heteroatoms. The lowest BCUT2D eigenvalue weighted by atomic mass is 10.1. The Morgan fingerprint density at radius 3 is 3.19 bits per heavy atom. The van der Waals surface area contributed by atoms with Gasteiger partial charge in [0, 0.05) is 12.5 Å². The van der Waals surface area contributed by atoms with Gasteiger partial charge in [0.05, 0.1) is 13.2 Å². The van der Waals surface area contributed by atoms with Gasteiger partial charge in [0.2, 0.25) is 5.89 Å². The summed E-state index contributed by atoms with van der Waals surface area (Å²) in [5.41, 5.74) is 0. The van der Waals surface area contributed by atoms with Gasteiger partial charge in [0.25, 0.3) is 0 Å². The molecule has 1 aliphatic rings. The third kappa shape index (κ3) is 2.57. The molecular formula is C10H14N2O4. The van der Waals surface area contributed by atoms with Crippen molar-refractivity contribution in [2.24, 2.45) is 0 Å². The number of hydrogen-bond acceptors (Lipinski definition) is 6. The molecule has 2 rings (SSSR count). The normalized spacial score (nSPS) is 19.9. The number of carbonyl (C=O) groups is 1. The van der Waals surface area contributed by atoms with Crippen molar-refractivity contribution in [1.82, 2.24) is 10.1 Å². The summed E-state index contributed by atoms with van der Waals surface area (Å²) in [7, 11) is 0. The second-order valence-corrected chi connectivity index (χ2v) is 3.59. The number of nitrogens with zero attached hydrogens (tertiary/aromatic N) is 2. The van der Waals surface area contributed by atoms with E-state index in [1.807, 2.05) is 0 Å². The maximum Gasteiger partial charge on any atom is 0.315 e. The maximum atomic E-state index is 11.2. The maximum absolute atomic E-state index is 11.2. The first kappa shape index (κ1) is 11.1. The van der Waals surface area contributed by atoms with E-state index in [9.17, 15) is 4.79 Å². The minimum Gasteiger partial charge on any atom is -0.466 e. The van der Waals surface area contributed by atoms with Gasteiger partial charge in [-0.1, -0.05) is 5.16 Å². The van der Waals surface area contributed by atoms with Crippen LogP contribution in [0.15, 0.2) is 4.52 Å². The Bertz CT molecular complexity index is 357. The summed E-state index contributed by atoms with van der Waals surface area (Å²) in [6.45, 7) is 3.47. The molecule has 1 fully saturated rings. The SMILES string of the molecule is CCOC(=O)Cc1nc(C2CCOC2)no1. The quantitative estimate of drug-likeness (QED) is 0.703. The number of esters is 1. The standard InChI is InChI=1S/C10H14N2O4/c1-2-15-9(13)5-8-11-10(12-16-8)7-3-4-14-6-7/h7H,2-6H2,1H3. The average molecular weight is 226 g/mol. The number of rotatable bonds is 4. The summed E-state index contributed by atoms with van der Waals surface area (Å²) in [5.74, 6) is 0.775. The van der Waals surface area contributed by atoms with E-state index in [4.69, 9.17) is 14.0 Å². The number of ether oxygens (including phenoxy) is 2. The predicted molar refractivity (Wildman–Crippen MR) is 52.8 cm³/mol. The summed E-state index contributed by atoms with van der Waals surface area (Å²) in [6.07, 6.45) is 0.937. The summed E-state index contributed by atoms with van der Waals surface area (Å²) in [4.78, 5) is 15.3. The van der Waals surface area contributed by atoms with Gasteiger partial charge >= 0.3 is 5.97 Å². The van der Waals surface area contributed by atoms with Gasteiger partial charge in [-0.25, -0.2) is 0 Å². The molecule has 0 aromatic carbocycles. The van der Waals surface area contributed by atoms with Crippen molar-refractivity contribution in [2.75, 3.05) is 19.8 Å². The molecule has 1 aliphatic heterocycles. The van der Waals surface area contributed by atoms with E-state index >= 15 is 0 Å². The number of carbonyl (C=O) groups excluding carboxylic acids is 1. The lowest BCUT2D eigenvalue weighted by molar-refractivity contribution is -0.142. The van der Waals surface area contributed by atoms with E-state index in [0.29, 0.717) is 24.9 Å². The van der Waals surface area contributed by atoms with Crippen molar-refractivity contribution in [3.05, 3.63) is 11.7 Å². The van der Waals surface area contributed by atoms with Gasteiger partial charge in [-0.05, 0) is 13.3 Å². The van der Waals surface area contributed by atoms with Crippen molar-refractivity contribution in [3.8, 4) is 0 Å². The van der Waals surface area contributed by atoms with Crippen LogP contribution in [0.25, 0.3) is 0 Å². The molecule has 1 aromatic heterocycles. The van der Waals surface area contributed by atoms with Crippen LogP contribution >= 0.6 is 0 Å². The monoisotopic (exact) mass is 226 g/mol. The molecule has 1 aromatic rings. The lowest BCUT2D eigenvalue weighted by Crippen LogP contribution is -2.08. The fraction of sp³-hybridized carbons (Fsp3) is 0.700. The third-order valence-corrected chi connectivity index (χ3v) is 2.38. The molecule has 0 bridgehead atoms. The molecule has 16 heavy (non-hydrogen) atoms. The molecule has 0 radical (unpaired) electrons. The molecule has 1 unspecified atom stereocenters. The van der Waals surface area contributed by atoms with Gasteiger partial charge in [-0.2, -0.15) is 4.98 Å². The van der Waals surface area contributed by atoms with E-state index in [0.717, 1.165) is 13.0 Å². The largest absolute Gasteiger partial charge is 0.466 e. The highest BCUT2D eigenvalue weighted by Gasteiger charge is 2.23. The Kier molecular flexibility index (Phi) is 3.51. The average Bonchev–Trinajstić information content (AvgIpc) is 2.86. The van der Waals surface area contributed by atoms with Gasteiger partial charge in [-0.3, -0.25) is 4.79 Å². The zero-order valence-corrected chi connectivity index (χ0v) is 9.14. The molecule has 2 heterocycles. The first-order valence-electron chi connectivity index (χ1n) is 5.35. The summed E-state index contributed by atoms with van der Waals surface area (Å²) in [5, 5.41) is 3.84. The smallest absolute Gasteiger partial charge is 0.315 e. The van der Waals surface area contributed by atoms with Crippen LogP contribution in [0.4, 0.5) is 0 Å². The van der Waals surface area contributed by atoms with Crippen molar-refractivity contribution in [1.29, 1.82) is 0 Å². The van der Waals surface area contributed by atoms with Gasteiger partial charge in [0.15, 0.2) is 5.82 Å². The van der Waals surface area contributed by atoms with Crippen molar-refractivity contribution in [3.63, 3.8) is 0 Å². The summed E-state index contributed by atoms with van der Waals surface area (Å²) < 4.78 is 15.0. The minimum absolute atomic E-state index is 0.0361. The molecule has 0 saturated carbocycles. The second kappa shape index (κ2) is 5.07. The van der Waals surface area contributed by atoms with E-state index in [1.54, 1.807) is 6.92 Å². The second-order valence-electron chi connectivity index (χ2n) is 3.59. The molecular weight excluding hydrogens is 212 g/mol. The van der Waals surface area contributed by atoms with Gasteiger partial charge < -0.3 is 14.0 Å². The van der Waals surface area contributed by atoms with Crippen LogP contribution in [-0.2, 0) is 20.7 Å². The van der Waals surface area contributed by atoms with Crippen molar-refractivity contribution < 1.29 is 18.8 Å². The van der Waals surface area contributed by atoms with E-state index in [-0.39, 0.29) is 18.3 Å². The highest BCUT2D eigenvalue weighted by Crippen LogP contribution is 2.22. The van der Waals surface area contributed by atoms with Crippen LogP contribution < -0.4 is 0 Å². The van der Waals surface area contributed by atoms with Crippen LogP contribution in [0.1, 0.15) is 31.0 Å². The fourth-order valence-corrected chi connectivity index (χ4v) is 1.58.